The van der Waals surface area contributed by atoms with Crippen molar-refractivity contribution in [2.45, 2.75) is 0 Å². The molecule has 4 nitrogen and oxygen atoms in total. The standard InChI is InChI=1S/C16H9Cl4N3O/c17-10-4-5-11(18)14(6-10)23-16(24)9(7-21)8-22-15-12(19)2-1-3-13(15)20/h1-6,8,22H,(H,23,24)/b9-8-. The first-order chi connectivity index (χ1) is 11.4. The average molecular weight is 401 g/mol. The van der Waals surface area contributed by atoms with Crippen molar-refractivity contribution in [3.8, 4) is 6.07 Å². The Morgan fingerprint density at radius 2 is 1.71 bits per heavy atom. The Kier molecular flexibility index (Phi) is 6.36. The quantitative estimate of drug-likeness (QED) is 0.506. The molecule has 0 aliphatic carbocycles. The van der Waals surface area contributed by atoms with Gasteiger partial charge in [0.05, 0.1) is 26.4 Å². The molecule has 0 aliphatic rings. The molecule has 0 fully saturated rings. The molecule has 1 amide bonds. The summed E-state index contributed by atoms with van der Waals surface area (Å²) < 4.78 is 0. The Morgan fingerprint density at radius 1 is 1.04 bits per heavy atom. The van der Waals surface area contributed by atoms with E-state index in [-0.39, 0.29) is 5.57 Å². The van der Waals surface area contributed by atoms with Gasteiger partial charge < -0.3 is 10.6 Å². The Balaban J connectivity index is 2.20. The molecule has 24 heavy (non-hydrogen) atoms. The zero-order chi connectivity index (χ0) is 17.7. The number of nitrogens with zero attached hydrogens (tertiary/aromatic N) is 1. The highest BCUT2D eigenvalue weighted by molar-refractivity contribution is 6.39. The second-order valence-electron chi connectivity index (χ2n) is 4.49. The summed E-state index contributed by atoms with van der Waals surface area (Å²) in [4.78, 5) is 12.2. The summed E-state index contributed by atoms with van der Waals surface area (Å²) in [5.41, 5.74) is 0.496. The van der Waals surface area contributed by atoms with Crippen LogP contribution in [0.5, 0.6) is 0 Å². The number of carbonyl (C=O) groups excluding carboxylic acids is 1. The van der Waals surface area contributed by atoms with Crippen LogP contribution in [0, 0.1) is 11.3 Å². The molecule has 2 aromatic carbocycles. The summed E-state index contributed by atoms with van der Waals surface area (Å²) in [7, 11) is 0. The second-order valence-corrected chi connectivity index (χ2v) is 6.15. The third kappa shape index (κ3) is 4.56. The van der Waals surface area contributed by atoms with Crippen LogP contribution in [-0.4, -0.2) is 5.91 Å². The van der Waals surface area contributed by atoms with Gasteiger partial charge in [-0.1, -0.05) is 52.5 Å². The lowest BCUT2D eigenvalue weighted by Crippen LogP contribution is -2.15. The molecule has 8 heteroatoms. The summed E-state index contributed by atoms with van der Waals surface area (Å²) >= 11 is 23.9. The molecule has 0 saturated carbocycles. The lowest BCUT2D eigenvalue weighted by Gasteiger charge is -2.09. The third-order valence-electron chi connectivity index (χ3n) is 2.87. The summed E-state index contributed by atoms with van der Waals surface area (Å²) in [6.45, 7) is 0. The van der Waals surface area contributed by atoms with Crippen molar-refractivity contribution in [2.24, 2.45) is 0 Å². The van der Waals surface area contributed by atoms with E-state index in [4.69, 9.17) is 46.4 Å². The predicted octanol–water partition coefficient (Wildman–Crippen LogP) is 5.76. The first-order valence-corrected chi connectivity index (χ1v) is 8.00. The molecule has 0 heterocycles. The fraction of sp³-hybridized carbons (Fsp3) is 0. The predicted molar refractivity (Wildman–Crippen MR) is 98.9 cm³/mol. The van der Waals surface area contributed by atoms with E-state index in [1.807, 2.05) is 0 Å². The van der Waals surface area contributed by atoms with Gasteiger partial charge in [-0.3, -0.25) is 4.79 Å². The number of hydrogen-bond donors (Lipinski definition) is 2. The van der Waals surface area contributed by atoms with E-state index in [0.29, 0.717) is 31.5 Å². The number of nitriles is 1. The van der Waals surface area contributed by atoms with Crippen molar-refractivity contribution in [3.63, 3.8) is 0 Å². The molecular formula is C16H9Cl4N3O. The van der Waals surface area contributed by atoms with Crippen LogP contribution in [0.15, 0.2) is 48.2 Å². The number of halogens is 4. The fourth-order valence-electron chi connectivity index (χ4n) is 1.71. The maximum absolute atomic E-state index is 12.2. The normalized spacial score (nSPS) is 10.9. The van der Waals surface area contributed by atoms with Gasteiger partial charge in [0.2, 0.25) is 0 Å². The van der Waals surface area contributed by atoms with Crippen molar-refractivity contribution in [1.29, 1.82) is 5.26 Å². The maximum atomic E-state index is 12.2. The molecule has 2 aromatic rings. The fourth-order valence-corrected chi connectivity index (χ4v) is 2.56. The lowest BCUT2D eigenvalue weighted by atomic mass is 10.2. The zero-order valence-electron chi connectivity index (χ0n) is 11.9. The summed E-state index contributed by atoms with van der Waals surface area (Å²) in [5.74, 6) is -0.655. The van der Waals surface area contributed by atoms with E-state index in [1.54, 1.807) is 30.3 Å². The molecule has 0 aromatic heterocycles. The van der Waals surface area contributed by atoms with Crippen LogP contribution in [0.3, 0.4) is 0 Å². The van der Waals surface area contributed by atoms with Gasteiger partial charge in [0, 0.05) is 11.2 Å². The number of hydrogen-bond acceptors (Lipinski definition) is 3. The van der Waals surface area contributed by atoms with Gasteiger partial charge in [0.25, 0.3) is 5.91 Å². The van der Waals surface area contributed by atoms with Crippen molar-refractivity contribution in [1.82, 2.24) is 0 Å². The highest BCUT2D eigenvalue weighted by Gasteiger charge is 2.12. The molecule has 0 radical (unpaired) electrons. The largest absolute Gasteiger partial charge is 0.358 e. The van der Waals surface area contributed by atoms with E-state index < -0.39 is 5.91 Å². The lowest BCUT2D eigenvalue weighted by molar-refractivity contribution is -0.112. The van der Waals surface area contributed by atoms with Gasteiger partial charge in [-0.05, 0) is 30.3 Å². The van der Waals surface area contributed by atoms with Crippen LogP contribution >= 0.6 is 46.4 Å². The highest BCUT2D eigenvalue weighted by Crippen LogP contribution is 2.30. The van der Waals surface area contributed by atoms with Crippen LogP contribution in [0.4, 0.5) is 11.4 Å². The highest BCUT2D eigenvalue weighted by atomic mass is 35.5. The molecular weight excluding hydrogens is 392 g/mol. The minimum atomic E-state index is -0.655. The zero-order valence-corrected chi connectivity index (χ0v) is 14.9. The summed E-state index contributed by atoms with van der Waals surface area (Å²) in [6.07, 6.45) is 1.21. The number of nitrogens with one attached hydrogen (secondary N) is 2. The van der Waals surface area contributed by atoms with Crippen LogP contribution < -0.4 is 10.6 Å². The van der Waals surface area contributed by atoms with Gasteiger partial charge in [-0.25, -0.2) is 0 Å². The molecule has 0 unspecified atom stereocenters. The van der Waals surface area contributed by atoms with Gasteiger partial charge >= 0.3 is 0 Å². The smallest absolute Gasteiger partial charge is 0.267 e. The first kappa shape index (κ1) is 18.4. The number of anilines is 2. The van der Waals surface area contributed by atoms with Gasteiger partial charge in [-0.2, -0.15) is 5.26 Å². The molecule has 0 atom stereocenters. The monoisotopic (exact) mass is 399 g/mol. The molecule has 2 rings (SSSR count). The molecule has 0 bridgehead atoms. The maximum Gasteiger partial charge on any atom is 0.267 e. The minimum absolute atomic E-state index is 0.193. The van der Waals surface area contributed by atoms with Crippen molar-refractivity contribution in [2.75, 3.05) is 10.6 Å². The molecule has 2 N–H and O–H groups in total. The number of benzene rings is 2. The second kappa shape index (κ2) is 8.27. The number of rotatable bonds is 4. The first-order valence-electron chi connectivity index (χ1n) is 6.49. The van der Waals surface area contributed by atoms with Gasteiger partial charge in [0.15, 0.2) is 0 Å². The minimum Gasteiger partial charge on any atom is -0.358 e. The topological polar surface area (TPSA) is 64.9 Å². The number of carbonyl (C=O) groups is 1. The average Bonchev–Trinajstić information content (AvgIpc) is 2.54. The summed E-state index contributed by atoms with van der Waals surface area (Å²) in [6, 6.07) is 11.3. The van der Waals surface area contributed by atoms with Crippen molar-refractivity contribution in [3.05, 3.63) is 68.3 Å². The molecule has 0 aliphatic heterocycles. The Bertz CT molecular complexity index is 839. The number of amides is 1. The van der Waals surface area contributed by atoms with E-state index in [1.165, 1.54) is 18.3 Å². The van der Waals surface area contributed by atoms with E-state index in [0.717, 1.165) is 0 Å². The Labute approximate surface area is 158 Å². The van der Waals surface area contributed by atoms with E-state index in [9.17, 15) is 10.1 Å². The molecule has 0 spiro atoms. The van der Waals surface area contributed by atoms with Crippen molar-refractivity contribution < 1.29 is 4.79 Å². The third-order valence-corrected chi connectivity index (χ3v) is 4.06. The van der Waals surface area contributed by atoms with Crippen LogP contribution in [0.1, 0.15) is 0 Å². The number of para-hydroxylation sites is 1. The van der Waals surface area contributed by atoms with E-state index >= 15 is 0 Å². The SMILES string of the molecule is N#C/C(=C/Nc1c(Cl)cccc1Cl)C(=O)Nc1cc(Cl)ccc1Cl. The van der Waals surface area contributed by atoms with Gasteiger partial charge in [-0.15, -0.1) is 0 Å². The van der Waals surface area contributed by atoms with Crippen LogP contribution in [-0.2, 0) is 4.79 Å². The Hall–Kier alpha value is -1.90. The van der Waals surface area contributed by atoms with Crippen molar-refractivity contribution >= 4 is 63.7 Å². The van der Waals surface area contributed by atoms with Gasteiger partial charge in [0.1, 0.15) is 11.6 Å². The van der Waals surface area contributed by atoms with Crippen LogP contribution in [0.2, 0.25) is 20.1 Å². The molecule has 122 valence electrons. The molecule has 0 saturated heterocycles. The van der Waals surface area contributed by atoms with Crippen LogP contribution in [0.25, 0.3) is 0 Å². The Morgan fingerprint density at radius 3 is 2.33 bits per heavy atom. The summed E-state index contributed by atoms with van der Waals surface area (Å²) in [5, 5.41) is 15.9. The van der Waals surface area contributed by atoms with E-state index in [2.05, 4.69) is 10.6 Å².